The molecule has 1 amide bonds. The van der Waals surface area contributed by atoms with Gasteiger partial charge in [0, 0.05) is 58.1 Å². The van der Waals surface area contributed by atoms with Crippen molar-refractivity contribution in [1.29, 1.82) is 0 Å². The second kappa shape index (κ2) is 9.17. The Kier molecular flexibility index (Phi) is 6.19. The summed E-state index contributed by atoms with van der Waals surface area (Å²) in [6, 6.07) is 16.8. The van der Waals surface area contributed by atoms with Crippen LogP contribution in [0.3, 0.4) is 0 Å². The zero-order valence-electron chi connectivity index (χ0n) is 16.3. The molecule has 2 aromatic rings. The fourth-order valence-electron chi connectivity index (χ4n) is 4.09. The monoisotopic (exact) mass is 379 g/mol. The lowest BCUT2D eigenvalue weighted by atomic mass is 10.2. The fraction of sp³-hybridized carbons (Fsp3) is 0.455. The number of nitrogens with zero attached hydrogens (tertiary/aromatic N) is 4. The van der Waals surface area contributed by atoms with Crippen LogP contribution in [0.25, 0.3) is 0 Å². The van der Waals surface area contributed by atoms with Crippen LogP contribution in [0, 0.1) is 0 Å². The van der Waals surface area contributed by atoms with Crippen molar-refractivity contribution >= 4 is 11.7 Å². The molecule has 4 rings (SSSR count). The Morgan fingerprint density at radius 2 is 1.75 bits per heavy atom. The summed E-state index contributed by atoms with van der Waals surface area (Å²) in [7, 11) is 0. The number of pyridine rings is 1. The van der Waals surface area contributed by atoms with Gasteiger partial charge in [-0.05, 0) is 24.1 Å². The highest BCUT2D eigenvalue weighted by Crippen LogP contribution is 2.14. The zero-order valence-corrected chi connectivity index (χ0v) is 16.3. The molecule has 2 aliphatic rings. The normalized spacial score (nSPS) is 21.0. The van der Waals surface area contributed by atoms with Crippen molar-refractivity contribution in [3.05, 3.63) is 60.3 Å². The first kappa shape index (κ1) is 18.9. The Bertz CT molecular complexity index is 740. The molecule has 0 aliphatic carbocycles. The van der Waals surface area contributed by atoms with Crippen LogP contribution < -0.4 is 10.2 Å². The standard InChI is InChI=1S/C22H29N5O/c28-22(18-25-12-14-27(15-13-25)21-8-4-5-10-23-21)24-20-9-11-26(17-20)16-19-6-2-1-3-7-19/h1-8,10,20H,9,11-18H2,(H,24,28)/t20-/m1/s1. The minimum atomic E-state index is 0.151. The molecule has 2 aliphatic heterocycles. The maximum absolute atomic E-state index is 12.5. The summed E-state index contributed by atoms with van der Waals surface area (Å²) in [4.78, 5) is 23.9. The van der Waals surface area contributed by atoms with E-state index in [-0.39, 0.29) is 11.9 Å². The molecule has 0 spiro atoms. The van der Waals surface area contributed by atoms with Crippen LogP contribution in [0.4, 0.5) is 5.82 Å². The number of anilines is 1. The zero-order chi connectivity index (χ0) is 19.2. The summed E-state index contributed by atoms with van der Waals surface area (Å²) in [6.45, 7) is 7.06. The van der Waals surface area contributed by atoms with Gasteiger partial charge in [-0.2, -0.15) is 0 Å². The lowest BCUT2D eigenvalue weighted by Gasteiger charge is -2.35. The number of piperazine rings is 1. The maximum atomic E-state index is 12.5. The molecule has 2 fully saturated rings. The molecule has 0 radical (unpaired) electrons. The summed E-state index contributed by atoms with van der Waals surface area (Å²) < 4.78 is 0. The number of aromatic nitrogens is 1. The number of benzene rings is 1. The Balaban J connectivity index is 1.17. The van der Waals surface area contributed by atoms with Crippen molar-refractivity contribution in [2.24, 2.45) is 0 Å². The van der Waals surface area contributed by atoms with Crippen molar-refractivity contribution in [2.45, 2.75) is 19.0 Å². The van der Waals surface area contributed by atoms with Gasteiger partial charge < -0.3 is 10.2 Å². The van der Waals surface area contributed by atoms with E-state index >= 15 is 0 Å². The predicted molar refractivity (Wildman–Crippen MR) is 111 cm³/mol. The van der Waals surface area contributed by atoms with Gasteiger partial charge in [-0.3, -0.25) is 14.6 Å². The number of rotatable bonds is 6. The fourth-order valence-corrected chi connectivity index (χ4v) is 4.09. The average Bonchev–Trinajstić information content (AvgIpc) is 3.16. The molecule has 1 aromatic heterocycles. The Morgan fingerprint density at radius 3 is 2.50 bits per heavy atom. The van der Waals surface area contributed by atoms with Crippen LogP contribution in [-0.2, 0) is 11.3 Å². The van der Waals surface area contributed by atoms with E-state index in [9.17, 15) is 4.79 Å². The molecule has 3 heterocycles. The lowest BCUT2D eigenvalue weighted by molar-refractivity contribution is -0.122. The van der Waals surface area contributed by atoms with Gasteiger partial charge in [0.1, 0.15) is 5.82 Å². The van der Waals surface area contributed by atoms with Crippen molar-refractivity contribution < 1.29 is 4.79 Å². The molecular weight excluding hydrogens is 350 g/mol. The topological polar surface area (TPSA) is 51.7 Å². The number of carbonyl (C=O) groups is 1. The molecule has 2 saturated heterocycles. The van der Waals surface area contributed by atoms with Crippen molar-refractivity contribution in [2.75, 3.05) is 50.7 Å². The van der Waals surface area contributed by atoms with Crippen LogP contribution in [-0.4, -0.2) is 72.5 Å². The van der Waals surface area contributed by atoms with Gasteiger partial charge in [0.25, 0.3) is 0 Å². The molecule has 1 N–H and O–H groups in total. The number of likely N-dealkylation sites (tertiary alicyclic amines) is 1. The van der Waals surface area contributed by atoms with Gasteiger partial charge in [-0.25, -0.2) is 4.98 Å². The summed E-state index contributed by atoms with van der Waals surface area (Å²) in [5.74, 6) is 1.17. The largest absolute Gasteiger partial charge is 0.354 e. The summed E-state index contributed by atoms with van der Waals surface area (Å²) in [5, 5.41) is 3.24. The summed E-state index contributed by atoms with van der Waals surface area (Å²) in [5.41, 5.74) is 1.33. The van der Waals surface area contributed by atoms with E-state index in [2.05, 4.69) is 49.3 Å². The van der Waals surface area contributed by atoms with Crippen LogP contribution in [0.1, 0.15) is 12.0 Å². The molecule has 6 nitrogen and oxygen atoms in total. The summed E-state index contributed by atoms with van der Waals surface area (Å²) in [6.07, 6.45) is 2.86. The van der Waals surface area contributed by atoms with E-state index < -0.39 is 0 Å². The highest BCUT2D eigenvalue weighted by Gasteiger charge is 2.25. The third kappa shape index (κ3) is 5.09. The van der Waals surface area contributed by atoms with Crippen LogP contribution >= 0.6 is 0 Å². The predicted octanol–water partition coefficient (Wildman–Crippen LogP) is 1.59. The summed E-state index contributed by atoms with van der Waals surface area (Å²) >= 11 is 0. The first-order chi connectivity index (χ1) is 13.8. The van der Waals surface area contributed by atoms with E-state index in [1.165, 1.54) is 5.56 Å². The number of hydrogen-bond donors (Lipinski definition) is 1. The smallest absolute Gasteiger partial charge is 0.234 e. The van der Waals surface area contributed by atoms with E-state index in [1.807, 2.05) is 30.5 Å². The molecule has 1 atom stereocenters. The number of hydrogen-bond acceptors (Lipinski definition) is 5. The molecule has 0 saturated carbocycles. The highest BCUT2D eigenvalue weighted by atomic mass is 16.2. The van der Waals surface area contributed by atoms with E-state index in [4.69, 9.17) is 0 Å². The van der Waals surface area contributed by atoms with Crippen LogP contribution in [0.15, 0.2) is 54.7 Å². The Morgan fingerprint density at radius 1 is 0.964 bits per heavy atom. The second-order valence-electron chi connectivity index (χ2n) is 7.72. The van der Waals surface area contributed by atoms with Crippen molar-refractivity contribution in [1.82, 2.24) is 20.1 Å². The Labute approximate surface area is 167 Å². The number of carbonyl (C=O) groups excluding carboxylic acids is 1. The first-order valence-electron chi connectivity index (χ1n) is 10.2. The average molecular weight is 380 g/mol. The number of nitrogens with one attached hydrogen (secondary N) is 1. The third-order valence-electron chi connectivity index (χ3n) is 5.60. The lowest BCUT2D eigenvalue weighted by Crippen LogP contribution is -2.51. The minimum Gasteiger partial charge on any atom is -0.354 e. The second-order valence-corrected chi connectivity index (χ2v) is 7.72. The molecule has 6 heteroatoms. The number of amides is 1. The highest BCUT2D eigenvalue weighted by molar-refractivity contribution is 5.78. The van der Waals surface area contributed by atoms with Crippen LogP contribution in [0.2, 0.25) is 0 Å². The van der Waals surface area contributed by atoms with Gasteiger partial charge >= 0.3 is 0 Å². The molecule has 1 aromatic carbocycles. The van der Waals surface area contributed by atoms with Gasteiger partial charge in [0.2, 0.25) is 5.91 Å². The van der Waals surface area contributed by atoms with Gasteiger partial charge in [-0.1, -0.05) is 36.4 Å². The van der Waals surface area contributed by atoms with Crippen molar-refractivity contribution in [3.63, 3.8) is 0 Å². The first-order valence-corrected chi connectivity index (χ1v) is 10.2. The third-order valence-corrected chi connectivity index (χ3v) is 5.60. The molecule has 0 bridgehead atoms. The molecular formula is C22H29N5O. The van der Waals surface area contributed by atoms with E-state index in [0.717, 1.165) is 58.1 Å². The van der Waals surface area contributed by atoms with Gasteiger partial charge in [-0.15, -0.1) is 0 Å². The maximum Gasteiger partial charge on any atom is 0.234 e. The molecule has 0 unspecified atom stereocenters. The van der Waals surface area contributed by atoms with Gasteiger partial charge in [0.05, 0.1) is 6.54 Å². The van der Waals surface area contributed by atoms with Crippen molar-refractivity contribution in [3.8, 4) is 0 Å². The van der Waals surface area contributed by atoms with Crippen LogP contribution in [0.5, 0.6) is 0 Å². The van der Waals surface area contributed by atoms with Gasteiger partial charge in [0.15, 0.2) is 0 Å². The Hall–Kier alpha value is -2.44. The van der Waals surface area contributed by atoms with E-state index in [1.54, 1.807) is 0 Å². The minimum absolute atomic E-state index is 0.151. The quantitative estimate of drug-likeness (QED) is 0.826. The molecule has 148 valence electrons. The SMILES string of the molecule is O=C(CN1CCN(c2ccccn2)CC1)N[C@@H]1CCN(Cc2ccccc2)C1. The van der Waals surface area contributed by atoms with E-state index in [0.29, 0.717) is 6.54 Å². The molecule has 28 heavy (non-hydrogen) atoms.